The fourth-order valence-corrected chi connectivity index (χ4v) is 4.76. The SMILES string of the molecule is Cc1cc(=O)oc2cc(SSc3ccc4c(C)cc(=O)oc4c3)ccc12. The fourth-order valence-electron chi connectivity index (χ4n) is 2.81. The molecule has 2 aromatic carbocycles. The van der Waals surface area contributed by atoms with Gasteiger partial charge in [0.15, 0.2) is 0 Å². The molecule has 0 atom stereocenters. The Morgan fingerprint density at radius 1 is 0.654 bits per heavy atom. The molecule has 4 rings (SSSR count). The Morgan fingerprint density at radius 2 is 1.08 bits per heavy atom. The molecule has 0 aliphatic carbocycles. The number of fused-ring (bicyclic) bond motifs is 2. The number of aryl methyl sites for hydroxylation is 2. The summed E-state index contributed by atoms with van der Waals surface area (Å²) in [5, 5.41) is 1.86. The zero-order valence-corrected chi connectivity index (χ0v) is 15.7. The third-order valence-corrected chi connectivity index (χ3v) is 6.46. The van der Waals surface area contributed by atoms with Crippen molar-refractivity contribution in [3.63, 3.8) is 0 Å². The van der Waals surface area contributed by atoms with Gasteiger partial charge in [0.05, 0.1) is 0 Å². The number of rotatable bonds is 3. The van der Waals surface area contributed by atoms with Crippen LogP contribution in [0.2, 0.25) is 0 Å². The van der Waals surface area contributed by atoms with Gasteiger partial charge in [-0.15, -0.1) is 0 Å². The molecular formula is C20H14O4S2. The number of hydrogen-bond acceptors (Lipinski definition) is 6. The van der Waals surface area contributed by atoms with Crippen molar-refractivity contribution >= 4 is 43.5 Å². The van der Waals surface area contributed by atoms with Crippen molar-refractivity contribution in [1.29, 1.82) is 0 Å². The van der Waals surface area contributed by atoms with Gasteiger partial charge in [-0.3, -0.25) is 0 Å². The zero-order valence-electron chi connectivity index (χ0n) is 14.1. The van der Waals surface area contributed by atoms with Crippen LogP contribution in [0.1, 0.15) is 11.1 Å². The van der Waals surface area contributed by atoms with Crippen LogP contribution < -0.4 is 11.3 Å². The predicted molar refractivity (Wildman–Crippen MR) is 106 cm³/mol. The van der Waals surface area contributed by atoms with Gasteiger partial charge < -0.3 is 8.83 Å². The number of benzene rings is 2. The highest BCUT2D eigenvalue weighted by Gasteiger charge is 2.07. The standard InChI is InChI=1S/C20H14O4S2/c1-11-7-19(21)23-17-9-13(3-5-15(11)17)25-26-14-4-6-16-12(2)8-20(22)24-18(16)10-14/h3-10H,1-2H3. The van der Waals surface area contributed by atoms with Crippen molar-refractivity contribution in [2.24, 2.45) is 0 Å². The van der Waals surface area contributed by atoms with Crippen molar-refractivity contribution in [2.45, 2.75) is 23.6 Å². The van der Waals surface area contributed by atoms with Gasteiger partial charge in [0, 0.05) is 32.7 Å². The van der Waals surface area contributed by atoms with E-state index in [1.54, 1.807) is 21.6 Å². The summed E-state index contributed by atoms with van der Waals surface area (Å²) >= 11 is 0. The fraction of sp³-hybridized carbons (Fsp3) is 0.100. The van der Waals surface area contributed by atoms with E-state index in [1.165, 1.54) is 12.1 Å². The lowest BCUT2D eigenvalue weighted by Crippen LogP contribution is -1.97. The maximum atomic E-state index is 11.6. The molecule has 0 spiro atoms. The Balaban J connectivity index is 1.62. The predicted octanol–water partition coefficient (Wildman–Crippen LogP) is 5.32. The number of hydrogen-bond donors (Lipinski definition) is 0. The molecule has 0 bridgehead atoms. The third kappa shape index (κ3) is 3.30. The molecule has 4 aromatic rings. The normalized spacial score (nSPS) is 11.3. The zero-order chi connectivity index (χ0) is 18.3. The van der Waals surface area contributed by atoms with E-state index in [4.69, 9.17) is 8.83 Å². The lowest BCUT2D eigenvalue weighted by molar-refractivity contribution is 0.558. The summed E-state index contributed by atoms with van der Waals surface area (Å²) in [7, 11) is 3.10. The second-order valence-electron chi connectivity index (χ2n) is 5.98. The summed E-state index contributed by atoms with van der Waals surface area (Å²) in [6.07, 6.45) is 0. The largest absolute Gasteiger partial charge is 0.423 e. The van der Waals surface area contributed by atoms with Gasteiger partial charge >= 0.3 is 11.3 Å². The Labute approximate surface area is 156 Å². The highest BCUT2D eigenvalue weighted by molar-refractivity contribution is 8.76. The van der Waals surface area contributed by atoms with Crippen molar-refractivity contribution in [3.05, 3.63) is 80.5 Å². The Morgan fingerprint density at radius 3 is 1.50 bits per heavy atom. The van der Waals surface area contributed by atoms with Crippen molar-refractivity contribution in [1.82, 2.24) is 0 Å². The molecule has 0 aliphatic heterocycles. The first-order valence-corrected chi connectivity index (χ1v) is 10.1. The van der Waals surface area contributed by atoms with Crippen molar-refractivity contribution < 1.29 is 8.83 Å². The van der Waals surface area contributed by atoms with Crippen LogP contribution in [0.4, 0.5) is 0 Å². The average molecular weight is 382 g/mol. The molecule has 0 unspecified atom stereocenters. The molecule has 0 fully saturated rings. The van der Waals surface area contributed by atoms with E-state index in [0.29, 0.717) is 11.2 Å². The van der Waals surface area contributed by atoms with Crippen LogP contribution in [0.25, 0.3) is 21.9 Å². The maximum Gasteiger partial charge on any atom is 0.336 e. The lowest BCUT2D eigenvalue weighted by atomic mass is 10.1. The summed E-state index contributed by atoms with van der Waals surface area (Å²) in [6, 6.07) is 14.6. The summed E-state index contributed by atoms with van der Waals surface area (Å²) < 4.78 is 10.6. The van der Waals surface area contributed by atoms with Gasteiger partial charge in [-0.2, -0.15) is 0 Å². The lowest BCUT2D eigenvalue weighted by Gasteiger charge is -2.05. The molecule has 130 valence electrons. The minimum atomic E-state index is -0.343. The van der Waals surface area contributed by atoms with Gasteiger partial charge in [-0.25, -0.2) is 9.59 Å². The first-order valence-electron chi connectivity index (χ1n) is 7.93. The molecule has 0 saturated heterocycles. The summed E-state index contributed by atoms with van der Waals surface area (Å²) in [5.74, 6) is 0. The van der Waals surface area contributed by atoms with E-state index in [9.17, 15) is 9.59 Å². The molecule has 2 aromatic heterocycles. The van der Waals surface area contributed by atoms with E-state index >= 15 is 0 Å². The maximum absolute atomic E-state index is 11.6. The summed E-state index contributed by atoms with van der Waals surface area (Å²) in [6.45, 7) is 3.79. The Hall–Kier alpha value is -2.44. The van der Waals surface area contributed by atoms with Gasteiger partial charge in [0.25, 0.3) is 0 Å². The highest BCUT2D eigenvalue weighted by atomic mass is 33.1. The molecule has 0 N–H and O–H groups in total. The van der Waals surface area contributed by atoms with E-state index in [1.807, 2.05) is 50.2 Å². The molecule has 0 saturated carbocycles. The van der Waals surface area contributed by atoms with Crippen LogP contribution in [0.3, 0.4) is 0 Å². The third-order valence-electron chi connectivity index (χ3n) is 4.08. The van der Waals surface area contributed by atoms with Gasteiger partial charge in [0.2, 0.25) is 0 Å². The molecule has 2 heterocycles. The molecule has 6 heteroatoms. The average Bonchev–Trinajstić information content (AvgIpc) is 2.59. The van der Waals surface area contributed by atoms with Gasteiger partial charge in [0.1, 0.15) is 11.2 Å². The Bertz CT molecular complexity index is 1160. The monoisotopic (exact) mass is 382 g/mol. The second kappa shape index (κ2) is 6.70. The van der Waals surface area contributed by atoms with E-state index in [2.05, 4.69) is 0 Å². The van der Waals surface area contributed by atoms with Crippen LogP contribution in [-0.2, 0) is 0 Å². The highest BCUT2D eigenvalue weighted by Crippen LogP contribution is 2.39. The molecule has 4 nitrogen and oxygen atoms in total. The molecular weight excluding hydrogens is 368 g/mol. The second-order valence-corrected chi connectivity index (χ2v) is 8.26. The van der Waals surface area contributed by atoms with Crippen LogP contribution in [0.5, 0.6) is 0 Å². The van der Waals surface area contributed by atoms with E-state index < -0.39 is 0 Å². The van der Waals surface area contributed by atoms with Gasteiger partial charge in [-0.1, -0.05) is 21.6 Å². The topological polar surface area (TPSA) is 60.4 Å². The van der Waals surface area contributed by atoms with Crippen LogP contribution in [0, 0.1) is 13.8 Å². The minimum absolute atomic E-state index is 0.343. The van der Waals surface area contributed by atoms with Gasteiger partial charge in [-0.05, 0) is 61.4 Å². The van der Waals surface area contributed by atoms with Crippen molar-refractivity contribution in [2.75, 3.05) is 0 Å². The molecule has 0 amide bonds. The first kappa shape index (κ1) is 17.0. The smallest absolute Gasteiger partial charge is 0.336 e. The molecule has 0 radical (unpaired) electrons. The van der Waals surface area contributed by atoms with E-state index in [-0.39, 0.29) is 11.3 Å². The summed E-state index contributed by atoms with van der Waals surface area (Å²) in [5.41, 5.74) is 2.29. The summed E-state index contributed by atoms with van der Waals surface area (Å²) in [4.78, 5) is 25.1. The van der Waals surface area contributed by atoms with Crippen LogP contribution >= 0.6 is 21.6 Å². The van der Waals surface area contributed by atoms with Crippen LogP contribution in [-0.4, -0.2) is 0 Å². The molecule has 26 heavy (non-hydrogen) atoms. The molecule has 0 aliphatic rings. The first-order chi connectivity index (χ1) is 12.5. The van der Waals surface area contributed by atoms with Crippen molar-refractivity contribution in [3.8, 4) is 0 Å². The quantitative estimate of drug-likeness (QED) is 0.353. The minimum Gasteiger partial charge on any atom is -0.423 e. The van der Waals surface area contributed by atoms with E-state index in [0.717, 1.165) is 31.7 Å². The van der Waals surface area contributed by atoms with Crippen LogP contribution in [0.15, 0.2) is 76.7 Å². The Kier molecular flexibility index (Phi) is 4.38.